The topological polar surface area (TPSA) is 102 Å². The molecule has 1 amide bonds. The third-order valence-electron chi connectivity index (χ3n) is 2.88. The zero-order chi connectivity index (χ0) is 15.3. The number of pyridine rings is 1. The molecule has 0 saturated carbocycles. The van der Waals surface area contributed by atoms with Crippen LogP contribution < -0.4 is 10.5 Å². The fraction of sp³-hybridized carbons (Fsp3) is 0.143. The molecule has 0 aliphatic heterocycles. The van der Waals surface area contributed by atoms with Gasteiger partial charge in [0, 0.05) is 24.5 Å². The molecule has 0 fully saturated rings. The molecule has 21 heavy (non-hydrogen) atoms. The summed E-state index contributed by atoms with van der Waals surface area (Å²) in [6.07, 6.45) is 3.86. The standard InChI is InChI=1S/C14H15N3O3S/c15-14(18)12-2-1-3-13(10-12)21(19,20)17-9-6-11-4-7-16-8-5-11/h1-5,7-8,10,17H,6,9H2,(H2,15,18). The van der Waals surface area contributed by atoms with Crippen LogP contribution in [0.4, 0.5) is 0 Å². The lowest BCUT2D eigenvalue weighted by atomic mass is 10.2. The highest BCUT2D eigenvalue weighted by atomic mass is 32.2. The summed E-state index contributed by atoms with van der Waals surface area (Å²) in [6.45, 7) is 0.257. The number of nitrogens with zero attached hydrogens (tertiary/aromatic N) is 1. The molecule has 110 valence electrons. The molecule has 0 aliphatic carbocycles. The van der Waals surface area contributed by atoms with Gasteiger partial charge in [0.15, 0.2) is 0 Å². The summed E-state index contributed by atoms with van der Waals surface area (Å²) < 4.78 is 26.7. The molecule has 3 N–H and O–H groups in total. The number of carbonyl (C=O) groups is 1. The molecule has 0 radical (unpaired) electrons. The van der Waals surface area contributed by atoms with Crippen LogP contribution in [0.25, 0.3) is 0 Å². The second-order valence-electron chi connectivity index (χ2n) is 4.40. The van der Waals surface area contributed by atoms with Gasteiger partial charge in [-0.1, -0.05) is 6.07 Å². The van der Waals surface area contributed by atoms with Crippen LogP contribution in [0.15, 0.2) is 53.7 Å². The van der Waals surface area contributed by atoms with Crippen molar-refractivity contribution in [2.45, 2.75) is 11.3 Å². The number of amides is 1. The molecule has 0 saturated heterocycles. The lowest BCUT2D eigenvalue weighted by Gasteiger charge is -2.07. The Bertz CT molecular complexity index is 730. The maximum absolute atomic E-state index is 12.1. The first kappa shape index (κ1) is 15.1. The molecule has 6 nitrogen and oxygen atoms in total. The molecule has 0 atom stereocenters. The molecule has 1 heterocycles. The van der Waals surface area contributed by atoms with Gasteiger partial charge in [-0.3, -0.25) is 9.78 Å². The molecule has 2 aromatic rings. The van der Waals surface area contributed by atoms with Crippen molar-refractivity contribution in [3.63, 3.8) is 0 Å². The number of hydrogen-bond acceptors (Lipinski definition) is 4. The number of nitrogens with two attached hydrogens (primary N) is 1. The maximum atomic E-state index is 12.1. The number of sulfonamides is 1. The minimum Gasteiger partial charge on any atom is -0.366 e. The Morgan fingerprint density at radius 3 is 2.57 bits per heavy atom. The molecule has 0 spiro atoms. The minimum atomic E-state index is -3.66. The second-order valence-corrected chi connectivity index (χ2v) is 6.16. The van der Waals surface area contributed by atoms with Crippen molar-refractivity contribution >= 4 is 15.9 Å². The highest BCUT2D eigenvalue weighted by Crippen LogP contribution is 2.11. The van der Waals surface area contributed by atoms with Crippen LogP contribution in [-0.2, 0) is 16.4 Å². The van der Waals surface area contributed by atoms with Gasteiger partial charge in [0.1, 0.15) is 0 Å². The number of benzene rings is 1. The number of carbonyl (C=O) groups excluding carboxylic acids is 1. The Morgan fingerprint density at radius 2 is 1.90 bits per heavy atom. The normalized spacial score (nSPS) is 11.2. The molecule has 0 bridgehead atoms. The van der Waals surface area contributed by atoms with Gasteiger partial charge in [-0.15, -0.1) is 0 Å². The van der Waals surface area contributed by atoms with E-state index in [2.05, 4.69) is 9.71 Å². The average Bonchev–Trinajstić information content (AvgIpc) is 2.48. The third kappa shape index (κ3) is 4.11. The van der Waals surface area contributed by atoms with E-state index in [9.17, 15) is 13.2 Å². The summed E-state index contributed by atoms with van der Waals surface area (Å²) in [6, 6.07) is 9.28. The van der Waals surface area contributed by atoms with E-state index < -0.39 is 15.9 Å². The van der Waals surface area contributed by atoms with Crippen LogP contribution in [-0.4, -0.2) is 25.9 Å². The van der Waals surface area contributed by atoms with Crippen LogP contribution in [0, 0.1) is 0 Å². The van der Waals surface area contributed by atoms with Crippen molar-refractivity contribution in [2.24, 2.45) is 5.73 Å². The van der Waals surface area contributed by atoms with E-state index in [4.69, 9.17) is 5.73 Å². The summed E-state index contributed by atoms with van der Waals surface area (Å²) in [5.41, 5.74) is 6.29. The van der Waals surface area contributed by atoms with Gasteiger partial charge in [0.05, 0.1) is 4.90 Å². The van der Waals surface area contributed by atoms with E-state index >= 15 is 0 Å². The zero-order valence-corrected chi connectivity index (χ0v) is 12.0. The Kier molecular flexibility index (Phi) is 4.66. The van der Waals surface area contributed by atoms with Crippen LogP contribution in [0.1, 0.15) is 15.9 Å². The largest absolute Gasteiger partial charge is 0.366 e. The number of nitrogens with one attached hydrogen (secondary N) is 1. The number of primary amides is 1. The van der Waals surface area contributed by atoms with Crippen molar-refractivity contribution in [1.82, 2.24) is 9.71 Å². The predicted molar refractivity (Wildman–Crippen MR) is 78.1 cm³/mol. The third-order valence-corrected chi connectivity index (χ3v) is 4.34. The summed E-state index contributed by atoms with van der Waals surface area (Å²) in [5.74, 6) is -0.663. The smallest absolute Gasteiger partial charge is 0.248 e. The van der Waals surface area contributed by atoms with Crippen LogP contribution in [0.5, 0.6) is 0 Å². The first-order chi connectivity index (χ1) is 9.99. The maximum Gasteiger partial charge on any atom is 0.248 e. The van der Waals surface area contributed by atoms with Crippen molar-refractivity contribution in [1.29, 1.82) is 0 Å². The second kappa shape index (κ2) is 6.47. The highest BCUT2D eigenvalue weighted by Gasteiger charge is 2.14. The minimum absolute atomic E-state index is 0.0218. The van der Waals surface area contributed by atoms with Crippen LogP contribution in [0.2, 0.25) is 0 Å². The zero-order valence-electron chi connectivity index (χ0n) is 11.2. The van der Waals surface area contributed by atoms with Crippen LogP contribution in [0.3, 0.4) is 0 Å². The van der Waals surface area contributed by atoms with E-state index in [1.54, 1.807) is 12.4 Å². The highest BCUT2D eigenvalue weighted by molar-refractivity contribution is 7.89. The fourth-order valence-corrected chi connectivity index (χ4v) is 2.86. The lowest BCUT2D eigenvalue weighted by Crippen LogP contribution is -2.26. The van der Waals surface area contributed by atoms with Gasteiger partial charge in [-0.05, 0) is 42.3 Å². The predicted octanol–water partition coefficient (Wildman–Crippen LogP) is 0.701. The number of hydrogen-bond donors (Lipinski definition) is 2. The molecule has 1 aromatic heterocycles. The number of rotatable bonds is 6. The van der Waals surface area contributed by atoms with Crippen molar-refractivity contribution in [3.8, 4) is 0 Å². The van der Waals surface area contributed by atoms with Gasteiger partial charge in [-0.25, -0.2) is 13.1 Å². The fourth-order valence-electron chi connectivity index (χ4n) is 1.78. The summed E-state index contributed by atoms with van der Waals surface area (Å²) in [4.78, 5) is 15.0. The summed E-state index contributed by atoms with van der Waals surface area (Å²) in [7, 11) is -3.66. The molecular formula is C14H15N3O3S. The lowest BCUT2D eigenvalue weighted by molar-refractivity contribution is 0.1000. The summed E-state index contributed by atoms with van der Waals surface area (Å²) in [5, 5.41) is 0. The Hall–Kier alpha value is -2.25. The van der Waals surface area contributed by atoms with Gasteiger partial charge < -0.3 is 5.73 Å². The van der Waals surface area contributed by atoms with E-state index in [0.717, 1.165) is 5.56 Å². The van der Waals surface area contributed by atoms with Gasteiger partial charge in [-0.2, -0.15) is 0 Å². The molecule has 7 heteroatoms. The first-order valence-corrected chi connectivity index (χ1v) is 7.76. The SMILES string of the molecule is NC(=O)c1cccc(S(=O)(=O)NCCc2ccncc2)c1. The molecule has 1 aromatic carbocycles. The summed E-state index contributed by atoms with van der Waals surface area (Å²) >= 11 is 0. The molecule has 0 unspecified atom stereocenters. The quantitative estimate of drug-likeness (QED) is 0.820. The monoisotopic (exact) mass is 305 g/mol. The van der Waals surface area contributed by atoms with E-state index in [0.29, 0.717) is 6.42 Å². The molecule has 2 rings (SSSR count). The first-order valence-electron chi connectivity index (χ1n) is 6.27. The van der Waals surface area contributed by atoms with Crippen molar-refractivity contribution in [3.05, 3.63) is 59.9 Å². The number of aromatic nitrogens is 1. The van der Waals surface area contributed by atoms with E-state index in [1.165, 1.54) is 24.3 Å². The average molecular weight is 305 g/mol. The van der Waals surface area contributed by atoms with Crippen LogP contribution >= 0.6 is 0 Å². The van der Waals surface area contributed by atoms with Gasteiger partial charge in [0.25, 0.3) is 0 Å². The van der Waals surface area contributed by atoms with Gasteiger partial charge in [0.2, 0.25) is 15.9 Å². The van der Waals surface area contributed by atoms with Gasteiger partial charge >= 0.3 is 0 Å². The van der Waals surface area contributed by atoms with Crippen molar-refractivity contribution < 1.29 is 13.2 Å². The molecular weight excluding hydrogens is 290 g/mol. The Morgan fingerprint density at radius 1 is 1.19 bits per heavy atom. The Balaban J connectivity index is 2.05. The van der Waals surface area contributed by atoms with E-state index in [1.807, 2.05) is 12.1 Å². The van der Waals surface area contributed by atoms with E-state index in [-0.39, 0.29) is 17.0 Å². The van der Waals surface area contributed by atoms with Crippen molar-refractivity contribution in [2.75, 3.05) is 6.54 Å². The molecule has 0 aliphatic rings. The Labute approximate surface area is 123 Å².